The van der Waals surface area contributed by atoms with E-state index in [0.29, 0.717) is 39.1 Å². The van der Waals surface area contributed by atoms with Gasteiger partial charge in [0.25, 0.3) is 5.91 Å². The summed E-state index contributed by atoms with van der Waals surface area (Å²) in [6.07, 6.45) is 4.54. The molecule has 1 aromatic rings. The van der Waals surface area contributed by atoms with Crippen molar-refractivity contribution in [1.82, 2.24) is 10.2 Å². The van der Waals surface area contributed by atoms with Crippen LogP contribution in [0.25, 0.3) is 0 Å². The van der Waals surface area contributed by atoms with Crippen LogP contribution in [0.4, 0.5) is 0 Å². The van der Waals surface area contributed by atoms with Crippen molar-refractivity contribution in [1.29, 1.82) is 0 Å². The van der Waals surface area contributed by atoms with Crippen LogP contribution in [-0.4, -0.2) is 42.5 Å². The standard InChI is InChI=1S/C16H22N2O4/c19-15(17-11-13-3-1-9-21-13)12-5-7-18(8-6-12)16(20)14-4-2-10-22-14/h1,3,9,12,14H,2,4-8,10-11H2,(H,17,19). The maximum absolute atomic E-state index is 12.2. The third-order valence-electron chi connectivity index (χ3n) is 4.40. The Morgan fingerprint density at radius 2 is 2.09 bits per heavy atom. The number of furan rings is 1. The number of carbonyl (C=O) groups is 2. The zero-order valence-corrected chi connectivity index (χ0v) is 12.6. The predicted octanol–water partition coefficient (Wildman–Crippen LogP) is 1.31. The molecule has 120 valence electrons. The number of rotatable bonds is 4. The van der Waals surface area contributed by atoms with Crippen LogP contribution in [0.5, 0.6) is 0 Å². The van der Waals surface area contributed by atoms with Crippen LogP contribution >= 0.6 is 0 Å². The number of likely N-dealkylation sites (tertiary alicyclic amines) is 1. The minimum absolute atomic E-state index is 0.0245. The number of hydrogen-bond donors (Lipinski definition) is 1. The summed E-state index contributed by atoms with van der Waals surface area (Å²) < 4.78 is 10.6. The normalized spacial score (nSPS) is 22.7. The lowest BCUT2D eigenvalue weighted by Gasteiger charge is -2.32. The molecule has 0 aromatic carbocycles. The van der Waals surface area contributed by atoms with Gasteiger partial charge in [0.15, 0.2) is 0 Å². The van der Waals surface area contributed by atoms with Gasteiger partial charge in [0.05, 0.1) is 12.8 Å². The SMILES string of the molecule is O=C(NCc1ccco1)C1CCN(C(=O)C2CCCO2)CC1. The first-order valence-electron chi connectivity index (χ1n) is 7.94. The molecular formula is C16H22N2O4. The summed E-state index contributed by atoms with van der Waals surface area (Å²) >= 11 is 0. The van der Waals surface area contributed by atoms with Crippen LogP contribution in [0.1, 0.15) is 31.4 Å². The molecule has 3 rings (SSSR count). The minimum atomic E-state index is -0.260. The molecule has 0 bridgehead atoms. The molecule has 1 unspecified atom stereocenters. The van der Waals surface area contributed by atoms with Crippen LogP contribution < -0.4 is 5.32 Å². The second-order valence-electron chi connectivity index (χ2n) is 5.90. The first-order chi connectivity index (χ1) is 10.7. The molecular weight excluding hydrogens is 284 g/mol. The first kappa shape index (κ1) is 15.1. The predicted molar refractivity (Wildman–Crippen MR) is 78.8 cm³/mol. The molecule has 2 aliphatic heterocycles. The summed E-state index contributed by atoms with van der Waals surface area (Å²) in [5, 5.41) is 2.89. The summed E-state index contributed by atoms with van der Waals surface area (Å²) in [6.45, 7) is 2.37. The number of hydrogen-bond acceptors (Lipinski definition) is 4. The molecule has 6 heteroatoms. The highest BCUT2D eigenvalue weighted by atomic mass is 16.5. The van der Waals surface area contributed by atoms with Gasteiger partial charge in [-0.3, -0.25) is 9.59 Å². The van der Waals surface area contributed by atoms with E-state index in [4.69, 9.17) is 9.15 Å². The van der Waals surface area contributed by atoms with Crippen molar-refractivity contribution in [2.24, 2.45) is 5.92 Å². The lowest BCUT2D eigenvalue weighted by molar-refractivity contribution is -0.143. The van der Waals surface area contributed by atoms with E-state index in [0.717, 1.165) is 18.6 Å². The van der Waals surface area contributed by atoms with E-state index in [1.54, 1.807) is 12.3 Å². The number of nitrogens with zero attached hydrogens (tertiary/aromatic N) is 1. The van der Waals surface area contributed by atoms with Crippen molar-refractivity contribution in [3.8, 4) is 0 Å². The number of ether oxygens (including phenoxy) is 1. The van der Waals surface area contributed by atoms with Crippen LogP contribution in [0.15, 0.2) is 22.8 Å². The van der Waals surface area contributed by atoms with E-state index in [-0.39, 0.29) is 23.8 Å². The molecule has 3 heterocycles. The Morgan fingerprint density at radius 3 is 2.73 bits per heavy atom. The van der Waals surface area contributed by atoms with E-state index in [9.17, 15) is 9.59 Å². The van der Waals surface area contributed by atoms with Crippen molar-refractivity contribution in [3.05, 3.63) is 24.2 Å². The average molecular weight is 306 g/mol. The lowest BCUT2D eigenvalue weighted by atomic mass is 9.95. The molecule has 6 nitrogen and oxygen atoms in total. The number of carbonyl (C=O) groups excluding carboxylic acids is 2. The molecule has 1 N–H and O–H groups in total. The Labute approximate surface area is 129 Å². The molecule has 2 amide bonds. The molecule has 1 aromatic heterocycles. The minimum Gasteiger partial charge on any atom is -0.467 e. The molecule has 2 fully saturated rings. The molecule has 0 saturated carbocycles. The molecule has 1 atom stereocenters. The van der Waals surface area contributed by atoms with Crippen LogP contribution in [-0.2, 0) is 20.9 Å². The van der Waals surface area contributed by atoms with Crippen LogP contribution in [0.3, 0.4) is 0 Å². The van der Waals surface area contributed by atoms with Gasteiger partial charge in [-0.2, -0.15) is 0 Å². The van der Waals surface area contributed by atoms with Gasteiger partial charge in [-0.1, -0.05) is 0 Å². The second-order valence-corrected chi connectivity index (χ2v) is 5.90. The van der Waals surface area contributed by atoms with Crippen molar-refractivity contribution in [3.63, 3.8) is 0 Å². The Hall–Kier alpha value is -1.82. The van der Waals surface area contributed by atoms with Gasteiger partial charge in [0.2, 0.25) is 5.91 Å². The van der Waals surface area contributed by atoms with Crippen molar-refractivity contribution < 1.29 is 18.7 Å². The van der Waals surface area contributed by atoms with E-state index in [1.807, 2.05) is 11.0 Å². The van der Waals surface area contributed by atoms with Gasteiger partial charge in [-0.05, 0) is 37.8 Å². The summed E-state index contributed by atoms with van der Waals surface area (Å²) in [4.78, 5) is 26.2. The zero-order chi connectivity index (χ0) is 15.4. The summed E-state index contributed by atoms with van der Waals surface area (Å²) in [5.41, 5.74) is 0. The highest BCUT2D eigenvalue weighted by Crippen LogP contribution is 2.21. The highest BCUT2D eigenvalue weighted by molar-refractivity contribution is 5.82. The number of nitrogens with one attached hydrogen (secondary N) is 1. The van der Waals surface area contributed by atoms with Gasteiger partial charge >= 0.3 is 0 Å². The average Bonchev–Trinajstić information content (AvgIpc) is 3.25. The fourth-order valence-electron chi connectivity index (χ4n) is 3.07. The first-order valence-corrected chi connectivity index (χ1v) is 7.94. The van der Waals surface area contributed by atoms with Crippen molar-refractivity contribution in [2.75, 3.05) is 19.7 Å². The van der Waals surface area contributed by atoms with E-state index >= 15 is 0 Å². The largest absolute Gasteiger partial charge is 0.467 e. The van der Waals surface area contributed by atoms with Crippen LogP contribution in [0.2, 0.25) is 0 Å². The lowest BCUT2D eigenvalue weighted by Crippen LogP contribution is -2.46. The maximum Gasteiger partial charge on any atom is 0.251 e. The second kappa shape index (κ2) is 6.96. The maximum atomic E-state index is 12.2. The zero-order valence-electron chi connectivity index (χ0n) is 12.6. The van der Waals surface area contributed by atoms with E-state index in [2.05, 4.69) is 5.32 Å². The fourth-order valence-corrected chi connectivity index (χ4v) is 3.07. The van der Waals surface area contributed by atoms with Crippen molar-refractivity contribution in [2.45, 2.75) is 38.3 Å². The Morgan fingerprint density at radius 1 is 1.27 bits per heavy atom. The highest BCUT2D eigenvalue weighted by Gasteiger charge is 2.32. The fraction of sp³-hybridized carbons (Fsp3) is 0.625. The smallest absolute Gasteiger partial charge is 0.251 e. The quantitative estimate of drug-likeness (QED) is 0.910. The van der Waals surface area contributed by atoms with Crippen LogP contribution in [0, 0.1) is 5.92 Å². The molecule has 2 saturated heterocycles. The Balaban J connectivity index is 1.42. The third kappa shape index (κ3) is 3.50. The van der Waals surface area contributed by atoms with Gasteiger partial charge in [-0.15, -0.1) is 0 Å². The molecule has 0 spiro atoms. The molecule has 0 radical (unpaired) electrons. The molecule has 0 aliphatic carbocycles. The number of amides is 2. The van der Waals surface area contributed by atoms with Gasteiger partial charge < -0.3 is 19.4 Å². The Bertz CT molecular complexity index is 500. The monoisotopic (exact) mass is 306 g/mol. The van der Waals surface area contributed by atoms with Gasteiger partial charge in [0, 0.05) is 25.6 Å². The molecule has 2 aliphatic rings. The van der Waals surface area contributed by atoms with Gasteiger partial charge in [-0.25, -0.2) is 0 Å². The van der Waals surface area contributed by atoms with E-state index < -0.39 is 0 Å². The summed E-state index contributed by atoms with van der Waals surface area (Å²) in [5.74, 6) is 0.857. The topological polar surface area (TPSA) is 71.8 Å². The van der Waals surface area contributed by atoms with E-state index in [1.165, 1.54) is 0 Å². The molecule has 22 heavy (non-hydrogen) atoms. The van der Waals surface area contributed by atoms with Crippen molar-refractivity contribution >= 4 is 11.8 Å². The summed E-state index contributed by atoms with van der Waals surface area (Å²) in [6, 6.07) is 3.64. The number of piperidine rings is 1. The Kier molecular flexibility index (Phi) is 4.77. The summed E-state index contributed by atoms with van der Waals surface area (Å²) in [7, 11) is 0. The third-order valence-corrected chi connectivity index (χ3v) is 4.40. The van der Waals surface area contributed by atoms with Gasteiger partial charge in [0.1, 0.15) is 11.9 Å².